The van der Waals surface area contributed by atoms with Gasteiger partial charge < -0.3 is 5.11 Å². The molecule has 3 heteroatoms. The highest BCUT2D eigenvalue weighted by Crippen LogP contribution is 1.94. The molecule has 0 saturated heterocycles. The van der Waals surface area contributed by atoms with Crippen LogP contribution < -0.4 is 5.32 Å². The highest BCUT2D eigenvalue weighted by Gasteiger charge is 2.00. The van der Waals surface area contributed by atoms with Crippen molar-refractivity contribution in [2.45, 2.75) is 38.8 Å². The number of aliphatic hydroxyl groups is 1. The van der Waals surface area contributed by atoms with E-state index in [1.165, 1.54) is 0 Å². The number of nitriles is 1. The number of nitrogens with zero attached hydrogens (tertiary/aromatic N) is 2. The summed E-state index contributed by atoms with van der Waals surface area (Å²) in [5, 5.41) is 21.2. The zero-order valence-electron chi connectivity index (χ0n) is 7.12. The van der Waals surface area contributed by atoms with Gasteiger partial charge in [-0.3, -0.25) is 0 Å². The maximum atomic E-state index is 8.82. The summed E-state index contributed by atoms with van der Waals surface area (Å²) in [6.45, 7) is 4.78. The molecule has 3 nitrogen and oxygen atoms in total. The van der Waals surface area contributed by atoms with Gasteiger partial charge in [0.1, 0.15) is 6.10 Å². The fourth-order valence-corrected chi connectivity index (χ4v) is 0.699. The Bertz CT molecular complexity index is 129. The summed E-state index contributed by atoms with van der Waals surface area (Å²) in [6.07, 6.45) is 0.525. The van der Waals surface area contributed by atoms with E-state index in [0.29, 0.717) is 12.5 Å². The van der Waals surface area contributed by atoms with Gasteiger partial charge in [-0.15, -0.1) is 0 Å². The number of hydrogen-bond donors (Lipinski definition) is 1. The molecule has 0 amide bonds. The summed E-state index contributed by atoms with van der Waals surface area (Å²) in [5.74, 6) is 0. The van der Waals surface area contributed by atoms with Crippen molar-refractivity contribution in [1.82, 2.24) is 5.32 Å². The van der Waals surface area contributed by atoms with Crippen molar-refractivity contribution in [3.8, 4) is 6.07 Å². The summed E-state index contributed by atoms with van der Waals surface area (Å²) in [5.41, 5.74) is 0. The minimum atomic E-state index is -0.808. The number of aliphatic hydroxyl groups excluding tert-OH is 1. The summed E-state index contributed by atoms with van der Waals surface area (Å²) in [6, 6.07) is 2.12. The molecular weight excluding hydrogens is 140 g/mol. The van der Waals surface area contributed by atoms with Crippen LogP contribution in [0.5, 0.6) is 0 Å². The Morgan fingerprint density at radius 2 is 2.18 bits per heavy atom. The lowest BCUT2D eigenvalue weighted by Crippen LogP contribution is -2.16. The van der Waals surface area contributed by atoms with Crippen LogP contribution in [0.1, 0.15) is 26.7 Å². The molecule has 1 radical (unpaired) electrons. The first-order valence-corrected chi connectivity index (χ1v) is 3.91. The second-order valence-corrected chi connectivity index (χ2v) is 2.79. The topological polar surface area (TPSA) is 58.1 Å². The average Bonchev–Trinajstić information content (AvgIpc) is 1.97. The van der Waals surface area contributed by atoms with Gasteiger partial charge in [0.2, 0.25) is 0 Å². The van der Waals surface area contributed by atoms with Gasteiger partial charge in [-0.2, -0.15) is 5.26 Å². The van der Waals surface area contributed by atoms with Crippen molar-refractivity contribution >= 4 is 0 Å². The molecule has 0 bridgehead atoms. The third-order valence-electron chi connectivity index (χ3n) is 1.28. The van der Waals surface area contributed by atoms with E-state index in [0.717, 1.165) is 13.0 Å². The Morgan fingerprint density at radius 3 is 2.64 bits per heavy atom. The lowest BCUT2D eigenvalue weighted by Gasteiger charge is -2.04. The fraction of sp³-hybridized carbons (Fsp3) is 0.875. The van der Waals surface area contributed by atoms with E-state index in [1.807, 2.05) is 13.8 Å². The Labute approximate surface area is 68.0 Å². The van der Waals surface area contributed by atoms with Crippen molar-refractivity contribution < 1.29 is 5.11 Å². The molecule has 1 N–H and O–H groups in total. The lowest BCUT2D eigenvalue weighted by atomic mass is 10.2. The summed E-state index contributed by atoms with van der Waals surface area (Å²) < 4.78 is 0. The molecule has 0 aromatic heterocycles. The summed E-state index contributed by atoms with van der Waals surface area (Å²) in [4.78, 5) is 0. The third kappa shape index (κ3) is 7.31. The average molecular weight is 155 g/mol. The van der Waals surface area contributed by atoms with Gasteiger partial charge in [-0.05, 0) is 26.7 Å². The van der Waals surface area contributed by atoms with Gasteiger partial charge in [0, 0.05) is 12.6 Å². The zero-order chi connectivity index (χ0) is 8.69. The first-order chi connectivity index (χ1) is 5.16. The minimum absolute atomic E-state index is 0.356. The second-order valence-electron chi connectivity index (χ2n) is 2.79. The van der Waals surface area contributed by atoms with Crippen LogP contribution in [0.3, 0.4) is 0 Å². The van der Waals surface area contributed by atoms with Crippen LogP contribution in [0, 0.1) is 11.3 Å². The molecule has 0 spiro atoms. The van der Waals surface area contributed by atoms with Gasteiger partial charge in [0.15, 0.2) is 0 Å². The van der Waals surface area contributed by atoms with Crippen LogP contribution in [0.25, 0.3) is 0 Å². The molecule has 0 heterocycles. The molecule has 63 valence electrons. The van der Waals surface area contributed by atoms with Crippen LogP contribution in [0.2, 0.25) is 0 Å². The largest absolute Gasteiger partial charge is 0.378 e. The molecule has 1 atom stereocenters. The molecule has 0 aliphatic heterocycles. The molecule has 0 fully saturated rings. The molecular formula is C8H15N2O. The molecule has 0 aliphatic rings. The minimum Gasteiger partial charge on any atom is -0.378 e. The van der Waals surface area contributed by atoms with E-state index in [-0.39, 0.29) is 0 Å². The lowest BCUT2D eigenvalue weighted by molar-refractivity contribution is 0.215. The van der Waals surface area contributed by atoms with Crippen molar-refractivity contribution in [1.29, 1.82) is 5.26 Å². The maximum Gasteiger partial charge on any atom is 0.140 e. The van der Waals surface area contributed by atoms with Crippen LogP contribution in [0.15, 0.2) is 0 Å². The molecule has 0 aromatic rings. The number of hydrogen-bond acceptors (Lipinski definition) is 2. The van der Waals surface area contributed by atoms with E-state index in [2.05, 4.69) is 5.32 Å². The van der Waals surface area contributed by atoms with Crippen LogP contribution >= 0.6 is 0 Å². The van der Waals surface area contributed by atoms with Crippen LogP contribution in [0.4, 0.5) is 0 Å². The van der Waals surface area contributed by atoms with Gasteiger partial charge in [-0.25, -0.2) is 5.32 Å². The predicted molar refractivity (Wildman–Crippen MR) is 43.0 cm³/mol. The fourth-order valence-electron chi connectivity index (χ4n) is 0.699. The summed E-state index contributed by atoms with van der Waals surface area (Å²) >= 11 is 0. The van der Waals surface area contributed by atoms with Gasteiger partial charge in [-0.1, -0.05) is 0 Å². The summed E-state index contributed by atoms with van der Waals surface area (Å²) in [7, 11) is 0. The van der Waals surface area contributed by atoms with E-state index in [1.54, 1.807) is 6.07 Å². The van der Waals surface area contributed by atoms with Crippen molar-refractivity contribution in [3.05, 3.63) is 0 Å². The van der Waals surface area contributed by atoms with Gasteiger partial charge in [0.05, 0.1) is 6.07 Å². The van der Waals surface area contributed by atoms with Gasteiger partial charge in [0.25, 0.3) is 0 Å². The van der Waals surface area contributed by atoms with E-state index in [4.69, 9.17) is 10.4 Å². The van der Waals surface area contributed by atoms with Crippen LogP contribution in [-0.2, 0) is 0 Å². The smallest absolute Gasteiger partial charge is 0.140 e. The molecule has 0 rings (SSSR count). The SMILES string of the molecule is CC(C)[N]CCCC(O)C#N. The predicted octanol–water partition coefficient (Wildman–Crippen LogP) is 0.664. The molecule has 0 aliphatic carbocycles. The van der Waals surface area contributed by atoms with Crippen molar-refractivity contribution in [2.75, 3.05) is 6.54 Å². The van der Waals surface area contributed by atoms with E-state index < -0.39 is 6.10 Å². The Kier molecular flexibility index (Phi) is 5.81. The highest BCUT2D eigenvalue weighted by molar-refractivity contribution is 4.81. The zero-order valence-corrected chi connectivity index (χ0v) is 7.12. The van der Waals surface area contributed by atoms with Crippen LogP contribution in [-0.4, -0.2) is 23.8 Å². The standard InChI is InChI=1S/C8H15N2O/c1-7(2)10-5-3-4-8(11)6-9/h7-8,11H,3-5H2,1-2H3. The monoisotopic (exact) mass is 155 g/mol. The highest BCUT2D eigenvalue weighted by atomic mass is 16.3. The molecule has 11 heavy (non-hydrogen) atoms. The quantitative estimate of drug-likeness (QED) is 0.468. The molecule has 0 saturated carbocycles. The number of rotatable bonds is 5. The Hall–Kier alpha value is -0.590. The van der Waals surface area contributed by atoms with Crippen molar-refractivity contribution in [3.63, 3.8) is 0 Å². The Morgan fingerprint density at radius 1 is 1.55 bits per heavy atom. The molecule has 1 unspecified atom stereocenters. The van der Waals surface area contributed by atoms with Gasteiger partial charge >= 0.3 is 0 Å². The van der Waals surface area contributed by atoms with E-state index in [9.17, 15) is 0 Å². The first-order valence-electron chi connectivity index (χ1n) is 3.91. The first kappa shape index (κ1) is 10.4. The molecule has 0 aromatic carbocycles. The second kappa shape index (κ2) is 6.14. The maximum absolute atomic E-state index is 8.82. The third-order valence-corrected chi connectivity index (χ3v) is 1.28. The normalized spacial score (nSPS) is 13.0. The Balaban J connectivity index is 3.10. The van der Waals surface area contributed by atoms with E-state index >= 15 is 0 Å². The van der Waals surface area contributed by atoms with Crippen molar-refractivity contribution in [2.24, 2.45) is 0 Å².